The van der Waals surface area contributed by atoms with E-state index >= 15 is 0 Å². The van der Waals surface area contributed by atoms with Gasteiger partial charge in [0, 0.05) is 39.3 Å². The Hall–Kier alpha value is -0.160. The molecule has 0 aromatic rings. The highest BCUT2D eigenvalue weighted by molar-refractivity contribution is 4.76. The van der Waals surface area contributed by atoms with Crippen molar-refractivity contribution in [1.29, 1.82) is 0 Å². The summed E-state index contributed by atoms with van der Waals surface area (Å²) in [6.45, 7) is 7.47. The van der Waals surface area contributed by atoms with Gasteiger partial charge in [0.2, 0.25) is 0 Å². The van der Waals surface area contributed by atoms with Crippen molar-refractivity contribution in [2.75, 3.05) is 45.9 Å². The number of rotatable bonds is 2. The Bertz CT molecular complexity index is 156. The van der Waals surface area contributed by atoms with Gasteiger partial charge < -0.3 is 10.4 Å². The van der Waals surface area contributed by atoms with E-state index in [1.54, 1.807) is 0 Å². The summed E-state index contributed by atoms with van der Waals surface area (Å²) < 4.78 is 0. The summed E-state index contributed by atoms with van der Waals surface area (Å²) in [5, 5.41) is 12.7. The second kappa shape index (κ2) is 4.37. The Morgan fingerprint density at radius 1 is 1.15 bits per heavy atom. The predicted octanol–water partition coefficient (Wildman–Crippen LogP) is -1.08. The summed E-state index contributed by atoms with van der Waals surface area (Å²) >= 11 is 0. The number of likely N-dealkylation sites (tertiary alicyclic amines) is 1. The third-order valence-corrected chi connectivity index (χ3v) is 2.86. The van der Waals surface area contributed by atoms with Gasteiger partial charge in [-0.15, -0.1) is 0 Å². The van der Waals surface area contributed by atoms with Crippen molar-refractivity contribution in [3.05, 3.63) is 0 Å². The number of aliphatic hydroxyl groups excluding tert-OH is 1. The second-order valence-corrected chi connectivity index (χ2v) is 4.03. The summed E-state index contributed by atoms with van der Waals surface area (Å²) in [7, 11) is 0. The quantitative estimate of drug-likeness (QED) is 0.574. The van der Waals surface area contributed by atoms with Gasteiger partial charge in [0.25, 0.3) is 0 Å². The van der Waals surface area contributed by atoms with Gasteiger partial charge in [0.15, 0.2) is 0 Å². The molecule has 0 aromatic heterocycles. The molecule has 2 heterocycles. The van der Waals surface area contributed by atoms with Crippen molar-refractivity contribution in [3.63, 3.8) is 0 Å². The molecule has 4 nitrogen and oxygen atoms in total. The lowest BCUT2D eigenvalue weighted by Crippen LogP contribution is -2.47. The van der Waals surface area contributed by atoms with E-state index in [-0.39, 0.29) is 6.10 Å². The number of nitrogens with zero attached hydrogens (tertiary/aromatic N) is 2. The highest BCUT2D eigenvalue weighted by atomic mass is 16.3. The first-order chi connectivity index (χ1) is 6.34. The molecule has 76 valence electrons. The standard InChI is InChI=1S/C9H19N3O/c13-9-1-4-12(7-9)8-11-5-2-10-3-6-11/h9-10,13H,1-8H2. The van der Waals surface area contributed by atoms with Gasteiger partial charge >= 0.3 is 0 Å². The molecular formula is C9H19N3O. The van der Waals surface area contributed by atoms with Crippen molar-refractivity contribution in [3.8, 4) is 0 Å². The van der Waals surface area contributed by atoms with Gasteiger partial charge in [-0.3, -0.25) is 9.80 Å². The third kappa shape index (κ3) is 2.64. The fourth-order valence-electron chi connectivity index (χ4n) is 2.08. The lowest BCUT2D eigenvalue weighted by molar-refractivity contribution is 0.118. The third-order valence-electron chi connectivity index (χ3n) is 2.86. The number of hydrogen-bond donors (Lipinski definition) is 2. The first-order valence-electron chi connectivity index (χ1n) is 5.18. The molecule has 2 saturated heterocycles. The summed E-state index contributed by atoms with van der Waals surface area (Å²) in [6, 6.07) is 0. The van der Waals surface area contributed by atoms with Crippen LogP contribution in [-0.2, 0) is 0 Å². The fourth-order valence-corrected chi connectivity index (χ4v) is 2.08. The molecule has 2 N–H and O–H groups in total. The van der Waals surface area contributed by atoms with E-state index in [0.717, 1.165) is 52.4 Å². The van der Waals surface area contributed by atoms with Crippen LogP contribution in [0.1, 0.15) is 6.42 Å². The highest BCUT2D eigenvalue weighted by Gasteiger charge is 2.22. The molecule has 0 radical (unpaired) electrons. The first kappa shape index (κ1) is 9.40. The van der Waals surface area contributed by atoms with Gasteiger partial charge in [-0.2, -0.15) is 0 Å². The Labute approximate surface area is 79.5 Å². The number of β-amino-alcohol motifs (C(OH)–C–C–N with tert-alkyl or cyclic N) is 1. The second-order valence-electron chi connectivity index (χ2n) is 4.03. The summed E-state index contributed by atoms with van der Waals surface area (Å²) in [6.07, 6.45) is 0.870. The van der Waals surface area contributed by atoms with E-state index in [2.05, 4.69) is 15.1 Å². The number of piperazine rings is 1. The maximum atomic E-state index is 9.36. The van der Waals surface area contributed by atoms with Crippen LogP contribution in [0.4, 0.5) is 0 Å². The monoisotopic (exact) mass is 185 g/mol. The Morgan fingerprint density at radius 3 is 2.54 bits per heavy atom. The Balaban J connectivity index is 1.71. The van der Waals surface area contributed by atoms with Crippen molar-refractivity contribution in [1.82, 2.24) is 15.1 Å². The largest absolute Gasteiger partial charge is 0.392 e. The minimum atomic E-state index is -0.0806. The van der Waals surface area contributed by atoms with Crippen LogP contribution in [-0.4, -0.2) is 66.9 Å². The minimum Gasteiger partial charge on any atom is -0.392 e. The fraction of sp³-hybridized carbons (Fsp3) is 1.00. The average Bonchev–Trinajstić information content (AvgIpc) is 2.53. The van der Waals surface area contributed by atoms with Crippen LogP contribution in [0.2, 0.25) is 0 Å². The van der Waals surface area contributed by atoms with Crippen molar-refractivity contribution < 1.29 is 5.11 Å². The van der Waals surface area contributed by atoms with E-state index in [9.17, 15) is 5.11 Å². The van der Waals surface area contributed by atoms with E-state index < -0.39 is 0 Å². The van der Waals surface area contributed by atoms with Crippen LogP contribution in [0.15, 0.2) is 0 Å². The van der Waals surface area contributed by atoms with E-state index in [1.165, 1.54) is 0 Å². The van der Waals surface area contributed by atoms with E-state index in [0.29, 0.717) is 0 Å². The maximum Gasteiger partial charge on any atom is 0.0679 e. The molecule has 2 aliphatic heterocycles. The molecule has 1 unspecified atom stereocenters. The molecule has 4 heteroatoms. The molecular weight excluding hydrogens is 166 g/mol. The zero-order valence-electron chi connectivity index (χ0n) is 8.08. The van der Waals surface area contributed by atoms with Crippen molar-refractivity contribution >= 4 is 0 Å². The molecule has 2 rings (SSSR count). The van der Waals surface area contributed by atoms with Crippen molar-refractivity contribution in [2.45, 2.75) is 12.5 Å². The lowest BCUT2D eigenvalue weighted by atomic mass is 10.3. The SMILES string of the molecule is OC1CCN(CN2CCNCC2)C1. The highest BCUT2D eigenvalue weighted by Crippen LogP contribution is 2.09. The molecule has 0 aliphatic carbocycles. The molecule has 1 atom stereocenters. The molecule has 0 spiro atoms. The van der Waals surface area contributed by atoms with Crippen molar-refractivity contribution in [2.24, 2.45) is 0 Å². The van der Waals surface area contributed by atoms with Crippen LogP contribution < -0.4 is 5.32 Å². The smallest absolute Gasteiger partial charge is 0.0679 e. The lowest BCUT2D eigenvalue weighted by Gasteiger charge is -2.30. The summed E-state index contributed by atoms with van der Waals surface area (Å²) in [4.78, 5) is 4.80. The average molecular weight is 185 g/mol. The number of aliphatic hydroxyl groups is 1. The van der Waals surface area contributed by atoms with Gasteiger partial charge in [-0.1, -0.05) is 0 Å². The maximum absolute atomic E-state index is 9.36. The molecule has 0 bridgehead atoms. The normalized spacial score (nSPS) is 32.5. The molecule has 0 amide bonds. The zero-order chi connectivity index (χ0) is 9.10. The van der Waals surface area contributed by atoms with Crippen LogP contribution >= 0.6 is 0 Å². The van der Waals surface area contributed by atoms with Crippen LogP contribution in [0.5, 0.6) is 0 Å². The minimum absolute atomic E-state index is 0.0806. The summed E-state index contributed by atoms with van der Waals surface area (Å²) in [5.41, 5.74) is 0. The number of hydrogen-bond acceptors (Lipinski definition) is 4. The van der Waals surface area contributed by atoms with Crippen LogP contribution in [0.3, 0.4) is 0 Å². The number of nitrogens with one attached hydrogen (secondary N) is 1. The Kier molecular flexibility index (Phi) is 3.16. The van der Waals surface area contributed by atoms with Gasteiger partial charge in [0.1, 0.15) is 0 Å². The van der Waals surface area contributed by atoms with Gasteiger partial charge in [-0.05, 0) is 6.42 Å². The van der Waals surface area contributed by atoms with Gasteiger partial charge in [0.05, 0.1) is 12.8 Å². The summed E-state index contributed by atoms with van der Waals surface area (Å²) in [5.74, 6) is 0. The Morgan fingerprint density at radius 2 is 1.92 bits per heavy atom. The van der Waals surface area contributed by atoms with E-state index in [1.807, 2.05) is 0 Å². The van der Waals surface area contributed by atoms with Gasteiger partial charge in [-0.25, -0.2) is 0 Å². The predicted molar refractivity (Wildman–Crippen MR) is 51.5 cm³/mol. The molecule has 0 aromatic carbocycles. The van der Waals surface area contributed by atoms with Crippen LogP contribution in [0.25, 0.3) is 0 Å². The first-order valence-corrected chi connectivity index (χ1v) is 5.18. The topological polar surface area (TPSA) is 38.7 Å². The van der Waals surface area contributed by atoms with E-state index in [4.69, 9.17) is 0 Å². The molecule has 2 aliphatic rings. The van der Waals surface area contributed by atoms with Crippen LogP contribution in [0, 0.1) is 0 Å². The zero-order valence-corrected chi connectivity index (χ0v) is 8.08. The molecule has 0 saturated carbocycles. The molecule has 13 heavy (non-hydrogen) atoms. The molecule has 2 fully saturated rings.